The predicted molar refractivity (Wildman–Crippen MR) is 174 cm³/mol. The zero-order valence-electron chi connectivity index (χ0n) is 26.4. The van der Waals surface area contributed by atoms with Gasteiger partial charge in [-0.15, -0.1) is 0 Å². The third-order valence-corrected chi connectivity index (χ3v) is 9.10. The molecular weight excluding hydrogens is 558 g/mol. The normalized spacial score (nSPS) is 19.0. The molecular formula is C33H45N7O4. The lowest BCUT2D eigenvalue weighted by Gasteiger charge is -2.48. The lowest BCUT2D eigenvalue weighted by Crippen LogP contribution is -2.62. The number of nitrogens with zero attached hydrogens (tertiary/aromatic N) is 6. The van der Waals surface area contributed by atoms with E-state index in [4.69, 9.17) is 9.72 Å². The van der Waals surface area contributed by atoms with Crippen molar-refractivity contribution < 1.29 is 14.6 Å². The van der Waals surface area contributed by atoms with E-state index in [1.165, 1.54) is 0 Å². The molecule has 11 heteroatoms. The van der Waals surface area contributed by atoms with E-state index in [2.05, 4.69) is 40.6 Å². The lowest BCUT2D eigenvalue weighted by atomic mass is 9.91. The van der Waals surface area contributed by atoms with E-state index in [1.807, 2.05) is 30.5 Å². The van der Waals surface area contributed by atoms with Gasteiger partial charge in [0.15, 0.2) is 0 Å². The number of hydrogen-bond acceptors (Lipinski definition) is 8. The van der Waals surface area contributed by atoms with Gasteiger partial charge in [0.1, 0.15) is 17.2 Å². The van der Waals surface area contributed by atoms with Gasteiger partial charge >= 0.3 is 6.09 Å². The summed E-state index contributed by atoms with van der Waals surface area (Å²) in [6.07, 6.45) is 10.3. The van der Waals surface area contributed by atoms with Crippen molar-refractivity contribution in [3.63, 3.8) is 0 Å². The Bertz CT molecular complexity index is 1570. The number of ether oxygens (including phenoxy) is 1. The molecule has 11 nitrogen and oxygen atoms in total. The van der Waals surface area contributed by atoms with Crippen LogP contribution in [0.5, 0.6) is 0 Å². The number of hydrogen-bond donors (Lipinski definition) is 2. The maximum atomic E-state index is 14.0. The van der Waals surface area contributed by atoms with E-state index in [-0.39, 0.29) is 11.6 Å². The number of aromatic nitrogens is 4. The average Bonchev–Trinajstić information content (AvgIpc) is 3.52. The maximum absolute atomic E-state index is 14.0. The molecule has 0 bridgehead atoms. The van der Waals surface area contributed by atoms with E-state index in [1.54, 1.807) is 17.3 Å². The molecule has 1 atom stereocenters. The van der Waals surface area contributed by atoms with Crippen LogP contribution in [0.2, 0.25) is 0 Å². The molecule has 1 amide bonds. The number of fused-ring (bicyclic) bond motifs is 1. The number of aryl methyl sites for hydroxylation is 1. The molecule has 3 aromatic rings. The first-order valence-electron chi connectivity index (χ1n) is 15.9. The number of rotatable bonds is 11. The standard InChI is InChI=1S/C33H45N7O4/c1-6-8-18-44-23(4)28-22(3)26-20-35-31(37-29(26)40(30(28)41)24-11-9-10-12-24)36-27-14-13-25(19-34-27)38-16-17-39(32(42)43)33(5,21-38)15-7-2/h13-14,19-20,24H,4,6-12,15-18,21H2,1-3,5H3,(H,42,43)(H,34,35,36,37). The number of pyridine rings is 2. The molecule has 2 aliphatic rings. The molecule has 44 heavy (non-hydrogen) atoms. The highest BCUT2D eigenvalue weighted by Gasteiger charge is 2.40. The minimum absolute atomic E-state index is 0.0629. The van der Waals surface area contributed by atoms with Crippen molar-refractivity contribution in [2.45, 2.75) is 90.6 Å². The molecule has 2 fully saturated rings. The van der Waals surface area contributed by atoms with Crippen molar-refractivity contribution in [3.8, 4) is 0 Å². The molecule has 5 rings (SSSR count). The van der Waals surface area contributed by atoms with Crippen LogP contribution in [-0.2, 0) is 4.74 Å². The highest BCUT2D eigenvalue weighted by Crippen LogP contribution is 2.34. The Morgan fingerprint density at radius 2 is 1.93 bits per heavy atom. The molecule has 2 N–H and O–H groups in total. The van der Waals surface area contributed by atoms with Gasteiger partial charge in [-0.05, 0) is 57.2 Å². The fraction of sp³-hybridized carbons (Fsp3) is 0.545. The van der Waals surface area contributed by atoms with Crippen LogP contribution in [0.15, 0.2) is 35.9 Å². The summed E-state index contributed by atoms with van der Waals surface area (Å²) in [5.74, 6) is 1.34. The Balaban J connectivity index is 1.41. The number of carbonyl (C=O) groups is 1. The summed E-state index contributed by atoms with van der Waals surface area (Å²) >= 11 is 0. The van der Waals surface area contributed by atoms with Crippen molar-refractivity contribution in [1.29, 1.82) is 0 Å². The van der Waals surface area contributed by atoms with Gasteiger partial charge in [0.25, 0.3) is 5.56 Å². The molecule has 3 aromatic heterocycles. The van der Waals surface area contributed by atoms with Crippen molar-refractivity contribution in [2.75, 3.05) is 36.5 Å². The summed E-state index contributed by atoms with van der Waals surface area (Å²) in [6.45, 7) is 14.4. The number of anilines is 3. The van der Waals surface area contributed by atoms with Crippen LogP contribution in [0.25, 0.3) is 16.8 Å². The monoisotopic (exact) mass is 603 g/mol. The Morgan fingerprint density at radius 1 is 1.16 bits per heavy atom. The SMILES string of the molecule is C=C(OCCCC)c1c(C)c2cnc(Nc3ccc(N4CCN(C(=O)O)C(C)(CCC)C4)cn3)nc2n(C2CCCC2)c1=O. The van der Waals surface area contributed by atoms with Crippen LogP contribution < -0.4 is 15.8 Å². The number of nitrogens with one attached hydrogen (secondary N) is 1. The number of carboxylic acid groups (broad SMARTS) is 1. The topological polar surface area (TPSA) is 126 Å². The minimum Gasteiger partial charge on any atom is -0.493 e. The summed E-state index contributed by atoms with van der Waals surface area (Å²) in [7, 11) is 0. The van der Waals surface area contributed by atoms with Crippen LogP contribution in [0.4, 0.5) is 22.2 Å². The lowest BCUT2D eigenvalue weighted by molar-refractivity contribution is 0.0697. The molecule has 236 valence electrons. The third-order valence-electron chi connectivity index (χ3n) is 9.10. The van der Waals surface area contributed by atoms with Gasteiger partial charge in [-0.1, -0.05) is 46.1 Å². The number of piperazine rings is 1. The second kappa shape index (κ2) is 13.2. The van der Waals surface area contributed by atoms with Crippen molar-refractivity contribution in [3.05, 3.63) is 52.6 Å². The summed E-state index contributed by atoms with van der Waals surface area (Å²) in [4.78, 5) is 43.6. The van der Waals surface area contributed by atoms with Gasteiger partial charge in [0.2, 0.25) is 5.95 Å². The summed E-state index contributed by atoms with van der Waals surface area (Å²) in [6, 6.07) is 3.92. The van der Waals surface area contributed by atoms with E-state index in [0.717, 1.165) is 68.0 Å². The quantitative estimate of drug-likeness (QED) is 0.187. The Hall–Kier alpha value is -4.15. The van der Waals surface area contributed by atoms with Crippen LogP contribution >= 0.6 is 0 Å². The fourth-order valence-corrected chi connectivity index (χ4v) is 6.76. The van der Waals surface area contributed by atoms with Crippen molar-refractivity contribution in [2.24, 2.45) is 0 Å². The van der Waals surface area contributed by atoms with Crippen LogP contribution in [-0.4, -0.2) is 67.4 Å². The fourth-order valence-electron chi connectivity index (χ4n) is 6.76. The summed E-state index contributed by atoms with van der Waals surface area (Å²) in [5.41, 5.74) is 2.23. The average molecular weight is 604 g/mol. The smallest absolute Gasteiger partial charge is 0.407 e. The zero-order valence-corrected chi connectivity index (χ0v) is 26.4. The first-order valence-corrected chi connectivity index (χ1v) is 15.9. The summed E-state index contributed by atoms with van der Waals surface area (Å²) in [5, 5.41) is 13.8. The number of amides is 1. The molecule has 0 radical (unpaired) electrons. The Labute approximate surface area is 259 Å². The van der Waals surface area contributed by atoms with Gasteiger partial charge in [0.05, 0.1) is 29.6 Å². The van der Waals surface area contributed by atoms with Crippen LogP contribution in [0.1, 0.15) is 89.3 Å². The summed E-state index contributed by atoms with van der Waals surface area (Å²) < 4.78 is 7.72. The molecule has 1 saturated carbocycles. The Kier molecular flexibility index (Phi) is 9.41. The van der Waals surface area contributed by atoms with Crippen molar-refractivity contribution >= 4 is 40.3 Å². The third kappa shape index (κ3) is 6.23. The zero-order chi connectivity index (χ0) is 31.4. The largest absolute Gasteiger partial charge is 0.493 e. The van der Waals surface area contributed by atoms with Gasteiger partial charge in [0, 0.05) is 37.3 Å². The van der Waals surface area contributed by atoms with E-state index in [0.29, 0.717) is 55.0 Å². The molecule has 1 saturated heterocycles. The van der Waals surface area contributed by atoms with Crippen molar-refractivity contribution in [1.82, 2.24) is 24.4 Å². The highest BCUT2D eigenvalue weighted by atomic mass is 16.5. The van der Waals surface area contributed by atoms with Crippen LogP contribution in [0, 0.1) is 6.92 Å². The van der Waals surface area contributed by atoms with Gasteiger partial charge in [-0.2, -0.15) is 4.98 Å². The molecule has 1 aliphatic heterocycles. The van der Waals surface area contributed by atoms with Gasteiger partial charge < -0.3 is 20.1 Å². The molecule has 0 aromatic carbocycles. The second-order valence-corrected chi connectivity index (χ2v) is 12.3. The number of unbranched alkanes of at least 4 members (excludes halogenated alkanes) is 1. The molecule has 1 unspecified atom stereocenters. The first kappa shape index (κ1) is 31.3. The first-order chi connectivity index (χ1) is 21.2. The van der Waals surface area contributed by atoms with Gasteiger partial charge in [-0.3, -0.25) is 14.3 Å². The molecule has 1 aliphatic carbocycles. The van der Waals surface area contributed by atoms with E-state index < -0.39 is 11.6 Å². The van der Waals surface area contributed by atoms with Crippen LogP contribution in [0.3, 0.4) is 0 Å². The highest BCUT2D eigenvalue weighted by molar-refractivity contribution is 5.84. The van der Waals surface area contributed by atoms with E-state index >= 15 is 0 Å². The van der Waals surface area contributed by atoms with Gasteiger partial charge in [-0.25, -0.2) is 14.8 Å². The molecule has 4 heterocycles. The van der Waals surface area contributed by atoms with E-state index in [9.17, 15) is 14.7 Å². The minimum atomic E-state index is -0.872. The predicted octanol–water partition coefficient (Wildman–Crippen LogP) is 6.50. The second-order valence-electron chi connectivity index (χ2n) is 12.3. The maximum Gasteiger partial charge on any atom is 0.407 e. The Morgan fingerprint density at radius 3 is 2.59 bits per heavy atom. The molecule has 0 spiro atoms.